The highest BCUT2D eigenvalue weighted by molar-refractivity contribution is 5.42. The molecule has 1 atom stereocenters. The molecule has 3 rings (SSSR count). The Morgan fingerprint density at radius 2 is 1.91 bits per heavy atom. The summed E-state index contributed by atoms with van der Waals surface area (Å²) in [5, 5.41) is 0. The van der Waals surface area contributed by atoms with Crippen LogP contribution in [0, 0.1) is 0 Å². The molecule has 0 N–H and O–H groups in total. The summed E-state index contributed by atoms with van der Waals surface area (Å²) in [6.07, 6.45) is 5.69. The summed E-state index contributed by atoms with van der Waals surface area (Å²) < 4.78 is 11.3. The summed E-state index contributed by atoms with van der Waals surface area (Å²) >= 11 is 0. The van der Waals surface area contributed by atoms with Crippen LogP contribution in [-0.2, 0) is 0 Å². The third kappa shape index (κ3) is 3.20. The van der Waals surface area contributed by atoms with Crippen molar-refractivity contribution >= 4 is 0 Å². The number of methoxy groups -OCH3 is 1. The minimum atomic E-state index is 0.358. The number of para-hydroxylation sites is 2. The molecule has 0 aliphatic carbocycles. The number of ether oxygens (including phenoxy) is 2. The van der Waals surface area contributed by atoms with Gasteiger partial charge in [-0.2, -0.15) is 0 Å². The van der Waals surface area contributed by atoms with Crippen LogP contribution < -0.4 is 9.47 Å². The summed E-state index contributed by atoms with van der Waals surface area (Å²) in [4.78, 5) is 11.3. The fourth-order valence-electron chi connectivity index (χ4n) is 2.89. The second-order valence-electron chi connectivity index (χ2n) is 5.60. The Bertz CT molecular complexity index is 633. The van der Waals surface area contributed by atoms with Crippen molar-refractivity contribution in [1.82, 2.24) is 14.9 Å². The lowest BCUT2D eigenvalue weighted by Gasteiger charge is -2.29. The molecule has 1 aromatic carbocycles. The van der Waals surface area contributed by atoms with E-state index in [0.29, 0.717) is 23.3 Å². The van der Waals surface area contributed by atoms with Crippen molar-refractivity contribution in [2.75, 3.05) is 27.2 Å². The Hall–Kier alpha value is -2.14. The Balaban J connectivity index is 1.88. The van der Waals surface area contributed by atoms with E-state index >= 15 is 0 Å². The van der Waals surface area contributed by atoms with Gasteiger partial charge in [0, 0.05) is 24.9 Å². The predicted octanol–water partition coefficient (Wildman–Crippen LogP) is 3.09. The van der Waals surface area contributed by atoms with Crippen molar-refractivity contribution in [2.45, 2.75) is 18.8 Å². The molecule has 0 spiro atoms. The van der Waals surface area contributed by atoms with Gasteiger partial charge in [0.1, 0.15) is 5.69 Å². The molecule has 1 fully saturated rings. The van der Waals surface area contributed by atoms with Gasteiger partial charge in [-0.05, 0) is 38.6 Å². The molecule has 1 aliphatic heterocycles. The van der Waals surface area contributed by atoms with Crippen molar-refractivity contribution in [3.63, 3.8) is 0 Å². The number of likely N-dealkylation sites (tertiary alicyclic amines) is 1. The van der Waals surface area contributed by atoms with E-state index in [4.69, 9.17) is 9.47 Å². The SMILES string of the molecule is COc1ccccc1Oc1nccnc1[C@H]1CCCN(C)C1. The first-order valence-corrected chi connectivity index (χ1v) is 7.58. The zero-order chi connectivity index (χ0) is 15.4. The van der Waals surface area contributed by atoms with E-state index in [-0.39, 0.29) is 0 Å². The third-order valence-corrected chi connectivity index (χ3v) is 3.98. The Morgan fingerprint density at radius 1 is 1.14 bits per heavy atom. The molecule has 0 unspecified atom stereocenters. The second-order valence-corrected chi connectivity index (χ2v) is 5.60. The Morgan fingerprint density at radius 3 is 2.68 bits per heavy atom. The molecular formula is C17H21N3O2. The van der Waals surface area contributed by atoms with Crippen LogP contribution in [0.5, 0.6) is 17.4 Å². The van der Waals surface area contributed by atoms with E-state index in [2.05, 4.69) is 21.9 Å². The maximum absolute atomic E-state index is 6.00. The highest BCUT2D eigenvalue weighted by Crippen LogP contribution is 2.35. The van der Waals surface area contributed by atoms with Gasteiger partial charge >= 0.3 is 0 Å². The lowest BCUT2D eigenvalue weighted by molar-refractivity contribution is 0.245. The normalized spacial score (nSPS) is 18.9. The minimum absolute atomic E-state index is 0.358. The fourth-order valence-corrected chi connectivity index (χ4v) is 2.89. The lowest BCUT2D eigenvalue weighted by atomic mass is 9.95. The van der Waals surface area contributed by atoms with E-state index < -0.39 is 0 Å². The monoisotopic (exact) mass is 299 g/mol. The first-order chi connectivity index (χ1) is 10.8. The number of benzene rings is 1. The van der Waals surface area contributed by atoms with Crippen molar-refractivity contribution in [1.29, 1.82) is 0 Å². The predicted molar refractivity (Wildman–Crippen MR) is 84.6 cm³/mol. The molecule has 2 heterocycles. The van der Waals surface area contributed by atoms with Gasteiger partial charge in [0.25, 0.3) is 0 Å². The van der Waals surface area contributed by atoms with Crippen LogP contribution in [0.25, 0.3) is 0 Å². The average Bonchev–Trinajstić information content (AvgIpc) is 2.56. The molecule has 0 amide bonds. The van der Waals surface area contributed by atoms with Gasteiger partial charge in [-0.3, -0.25) is 4.98 Å². The Kier molecular flexibility index (Phi) is 4.53. The molecule has 1 aliphatic rings. The minimum Gasteiger partial charge on any atom is -0.493 e. The maximum atomic E-state index is 6.00. The maximum Gasteiger partial charge on any atom is 0.241 e. The van der Waals surface area contributed by atoms with Gasteiger partial charge < -0.3 is 14.4 Å². The number of rotatable bonds is 4. The van der Waals surface area contributed by atoms with E-state index in [1.54, 1.807) is 19.5 Å². The van der Waals surface area contributed by atoms with Crippen LogP contribution in [0.3, 0.4) is 0 Å². The van der Waals surface area contributed by atoms with Crippen molar-refractivity contribution in [2.24, 2.45) is 0 Å². The van der Waals surface area contributed by atoms with E-state index in [9.17, 15) is 0 Å². The number of nitrogens with zero attached hydrogens (tertiary/aromatic N) is 3. The molecule has 0 bridgehead atoms. The van der Waals surface area contributed by atoms with Crippen molar-refractivity contribution < 1.29 is 9.47 Å². The van der Waals surface area contributed by atoms with E-state index in [0.717, 1.165) is 25.2 Å². The van der Waals surface area contributed by atoms with Crippen LogP contribution in [0.4, 0.5) is 0 Å². The zero-order valence-electron chi connectivity index (χ0n) is 13.0. The summed E-state index contributed by atoms with van der Waals surface area (Å²) in [5.41, 5.74) is 0.931. The zero-order valence-corrected chi connectivity index (χ0v) is 13.0. The molecular weight excluding hydrogens is 278 g/mol. The highest BCUT2D eigenvalue weighted by atomic mass is 16.5. The molecule has 1 saturated heterocycles. The summed E-state index contributed by atoms with van der Waals surface area (Å²) in [6, 6.07) is 7.59. The van der Waals surface area contributed by atoms with Gasteiger partial charge in [0.05, 0.1) is 7.11 Å². The van der Waals surface area contributed by atoms with Crippen LogP contribution in [-0.4, -0.2) is 42.1 Å². The van der Waals surface area contributed by atoms with Crippen LogP contribution in [0.1, 0.15) is 24.5 Å². The summed E-state index contributed by atoms with van der Waals surface area (Å²) in [6.45, 7) is 2.13. The number of hydrogen-bond acceptors (Lipinski definition) is 5. The molecule has 5 heteroatoms. The summed E-state index contributed by atoms with van der Waals surface area (Å²) in [5.74, 6) is 2.29. The first-order valence-electron chi connectivity index (χ1n) is 7.58. The first kappa shape index (κ1) is 14.8. The second kappa shape index (κ2) is 6.75. The van der Waals surface area contributed by atoms with Crippen molar-refractivity contribution in [3.05, 3.63) is 42.4 Å². The van der Waals surface area contributed by atoms with E-state index in [1.165, 1.54) is 6.42 Å². The lowest BCUT2D eigenvalue weighted by Crippen LogP contribution is -2.31. The van der Waals surface area contributed by atoms with Gasteiger partial charge in [-0.15, -0.1) is 0 Å². The van der Waals surface area contributed by atoms with Gasteiger partial charge in [-0.1, -0.05) is 12.1 Å². The van der Waals surface area contributed by atoms with Gasteiger partial charge in [0.2, 0.25) is 5.88 Å². The standard InChI is InChI=1S/C17H21N3O2/c1-20-11-5-6-13(12-20)16-17(19-10-9-18-16)22-15-8-4-3-7-14(15)21-2/h3-4,7-10,13H,5-6,11-12H2,1-2H3/t13-/m0/s1. The molecule has 0 radical (unpaired) electrons. The molecule has 5 nitrogen and oxygen atoms in total. The Labute approximate surface area is 130 Å². The molecule has 2 aromatic rings. The summed E-state index contributed by atoms with van der Waals surface area (Å²) in [7, 11) is 3.78. The highest BCUT2D eigenvalue weighted by Gasteiger charge is 2.24. The fraction of sp³-hybridized carbons (Fsp3) is 0.412. The topological polar surface area (TPSA) is 47.5 Å². The molecule has 22 heavy (non-hydrogen) atoms. The van der Waals surface area contributed by atoms with Crippen molar-refractivity contribution in [3.8, 4) is 17.4 Å². The molecule has 116 valence electrons. The van der Waals surface area contributed by atoms with Crippen LogP contribution in [0.2, 0.25) is 0 Å². The van der Waals surface area contributed by atoms with Crippen LogP contribution >= 0.6 is 0 Å². The smallest absolute Gasteiger partial charge is 0.241 e. The number of piperidine rings is 1. The van der Waals surface area contributed by atoms with Gasteiger partial charge in [0.15, 0.2) is 11.5 Å². The quantitative estimate of drug-likeness (QED) is 0.868. The number of aromatic nitrogens is 2. The third-order valence-electron chi connectivity index (χ3n) is 3.98. The van der Waals surface area contributed by atoms with E-state index in [1.807, 2.05) is 24.3 Å². The van der Waals surface area contributed by atoms with Crippen LogP contribution in [0.15, 0.2) is 36.7 Å². The number of likely N-dealkylation sites (N-methyl/N-ethyl adjacent to an activating group) is 1. The number of hydrogen-bond donors (Lipinski definition) is 0. The largest absolute Gasteiger partial charge is 0.493 e. The molecule has 0 saturated carbocycles. The van der Waals surface area contributed by atoms with Gasteiger partial charge in [-0.25, -0.2) is 4.98 Å². The average molecular weight is 299 g/mol. The molecule has 1 aromatic heterocycles.